The fourth-order valence-electron chi connectivity index (χ4n) is 3.70. The first-order valence-corrected chi connectivity index (χ1v) is 10.5. The lowest BCUT2D eigenvalue weighted by Gasteiger charge is -2.30. The van der Waals surface area contributed by atoms with E-state index in [4.69, 9.17) is 14.2 Å². The highest BCUT2D eigenvalue weighted by Gasteiger charge is 2.25. The number of benzene rings is 1. The van der Waals surface area contributed by atoms with Crippen LogP contribution < -0.4 is 19.5 Å². The number of rotatable bonds is 6. The lowest BCUT2D eigenvalue weighted by Crippen LogP contribution is -2.32. The number of thiazole rings is 1. The lowest BCUT2D eigenvalue weighted by atomic mass is 9.80. The Labute approximate surface area is 167 Å². The molecule has 1 aliphatic heterocycles. The maximum Gasteiger partial charge on any atom is 0.267 e. The van der Waals surface area contributed by atoms with Crippen molar-refractivity contribution < 1.29 is 24.1 Å². The van der Waals surface area contributed by atoms with Gasteiger partial charge in [-0.2, -0.15) is 0 Å². The van der Waals surface area contributed by atoms with Crippen LogP contribution in [0.2, 0.25) is 0 Å². The molecule has 7 nitrogen and oxygen atoms in total. The Bertz CT molecular complexity index is 830. The van der Waals surface area contributed by atoms with Gasteiger partial charge in [0.05, 0.1) is 11.6 Å². The molecule has 2 aromatic rings. The molecule has 2 aliphatic rings. The Morgan fingerprint density at radius 1 is 1.32 bits per heavy atom. The number of fused-ring (bicyclic) bond motifs is 1. The molecule has 28 heavy (non-hydrogen) atoms. The number of carbonyl (C=O) groups is 1. The van der Waals surface area contributed by atoms with Crippen molar-refractivity contribution in [1.29, 1.82) is 0 Å². The van der Waals surface area contributed by atoms with Gasteiger partial charge >= 0.3 is 0 Å². The summed E-state index contributed by atoms with van der Waals surface area (Å²) in [6, 6.07) is 5.26. The number of nitrogens with one attached hydrogen (secondary N) is 1. The molecule has 2 heterocycles. The number of amides is 1. The number of nitrogens with zero attached hydrogens (tertiary/aromatic N) is 1. The Hall–Kier alpha value is -2.32. The van der Waals surface area contributed by atoms with Crippen LogP contribution in [-0.4, -0.2) is 35.4 Å². The van der Waals surface area contributed by atoms with Crippen LogP contribution in [0.25, 0.3) is 0 Å². The third-order valence-corrected chi connectivity index (χ3v) is 6.23. The van der Waals surface area contributed by atoms with Crippen molar-refractivity contribution in [1.82, 2.24) is 10.3 Å². The maximum absolute atomic E-state index is 12.6. The van der Waals surface area contributed by atoms with E-state index in [1.807, 2.05) is 6.92 Å². The van der Waals surface area contributed by atoms with Gasteiger partial charge in [-0.05, 0) is 56.6 Å². The van der Waals surface area contributed by atoms with Crippen molar-refractivity contribution in [3.05, 3.63) is 28.6 Å². The molecule has 1 fully saturated rings. The van der Waals surface area contributed by atoms with Gasteiger partial charge in [0.15, 0.2) is 16.4 Å². The zero-order valence-electron chi connectivity index (χ0n) is 15.7. The minimum absolute atomic E-state index is 0.170. The van der Waals surface area contributed by atoms with Gasteiger partial charge in [0.1, 0.15) is 5.75 Å². The second-order valence-corrected chi connectivity index (χ2v) is 8.19. The summed E-state index contributed by atoms with van der Waals surface area (Å²) in [6.45, 7) is 2.69. The number of aliphatic hydroxyl groups is 1. The molecule has 4 rings (SSSR count). The largest absolute Gasteiger partial charge is 0.454 e. The molecular formula is C20H24N2O5S. The van der Waals surface area contributed by atoms with Gasteiger partial charge < -0.3 is 24.6 Å². The zero-order valence-corrected chi connectivity index (χ0v) is 16.5. The molecule has 0 radical (unpaired) electrons. The van der Waals surface area contributed by atoms with E-state index in [9.17, 15) is 9.90 Å². The quantitative estimate of drug-likeness (QED) is 0.765. The zero-order chi connectivity index (χ0) is 19.5. The summed E-state index contributed by atoms with van der Waals surface area (Å²) in [7, 11) is 0. The first-order valence-electron chi connectivity index (χ1n) is 9.57. The Balaban J connectivity index is 1.33. The van der Waals surface area contributed by atoms with E-state index in [2.05, 4.69) is 10.3 Å². The van der Waals surface area contributed by atoms with Crippen molar-refractivity contribution in [2.24, 2.45) is 11.8 Å². The summed E-state index contributed by atoms with van der Waals surface area (Å²) in [4.78, 5) is 17.3. The molecule has 1 saturated carbocycles. The summed E-state index contributed by atoms with van der Waals surface area (Å²) >= 11 is 1.26. The molecule has 0 saturated heterocycles. The SMILES string of the molecule is C[C@@H](O)C1CCC(CNC(=O)c2scnc2Oc2ccc3c(c2)OCO3)CC1. The Morgan fingerprint density at radius 3 is 2.89 bits per heavy atom. The van der Waals surface area contributed by atoms with Gasteiger partial charge in [-0.3, -0.25) is 4.79 Å². The second kappa shape index (κ2) is 8.36. The number of hydrogen-bond acceptors (Lipinski definition) is 7. The van der Waals surface area contributed by atoms with E-state index in [-0.39, 0.29) is 18.8 Å². The molecule has 0 spiro atoms. The van der Waals surface area contributed by atoms with Crippen LogP contribution >= 0.6 is 11.3 Å². The van der Waals surface area contributed by atoms with Gasteiger partial charge in [0.25, 0.3) is 5.91 Å². The molecule has 1 amide bonds. The Kier molecular flexibility index (Phi) is 5.68. The molecule has 1 aliphatic carbocycles. The molecule has 1 atom stereocenters. The standard InChI is InChI=1S/C20H24N2O5S/c1-12(23)14-4-2-13(3-5-14)9-21-19(24)18-20(22-10-28-18)27-15-6-7-16-17(8-15)26-11-25-16/h6-8,10,12-14,23H,2-5,9,11H2,1H3,(H,21,24)/t12-,13?,14?/m1/s1. The van der Waals surface area contributed by atoms with Crippen molar-refractivity contribution in [3.8, 4) is 23.1 Å². The van der Waals surface area contributed by atoms with Crippen LogP contribution in [0.3, 0.4) is 0 Å². The number of aliphatic hydroxyl groups excluding tert-OH is 1. The summed E-state index contributed by atoms with van der Waals surface area (Å²) in [6.07, 6.45) is 3.83. The van der Waals surface area contributed by atoms with Gasteiger partial charge in [0.2, 0.25) is 12.7 Å². The average Bonchev–Trinajstić information content (AvgIpc) is 3.35. The topological polar surface area (TPSA) is 89.9 Å². The van der Waals surface area contributed by atoms with Crippen LogP contribution in [0.5, 0.6) is 23.1 Å². The summed E-state index contributed by atoms with van der Waals surface area (Å²) in [5.41, 5.74) is 1.60. The molecule has 8 heteroatoms. The van der Waals surface area contributed by atoms with E-state index in [0.29, 0.717) is 46.4 Å². The van der Waals surface area contributed by atoms with Crippen molar-refractivity contribution in [2.45, 2.75) is 38.7 Å². The highest BCUT2D eigenvalue weighted by Crippen LogP contribution is 2.37. The van der Waals surface area contributed by atoms with E-state index in [1.165, 1.54) is 11.3 Å². The molecule has 1 aromatic carbocycles. The number of hydrogen-bond donors (Lipinski definition) is 2. The van der Waals surface area contributed by atoms with Crippen molar-refractivity contribution >= 4 is 17.2 Å². The first-order chi connectivity index (χ1) is 13.6. The van der Waals surface area contributed by atoms with Gasteiger partial charge in [0, 0.05) is 12.6 Å². The smallest absolute Gasteiger partial charge is 0.267 e. The predicted molar refractivity (Wildman–Crippen MR) is 104 cm³/mol. The fourth-order valence-corrected chi connectivity index (χ4v) is 4.33. The van der Waals surface area contributed by atoms with Crippen LogP contribution in [0.15, 0.2) is 23.7 Å². The van der Waals surface area contributed by atoms with Crippen molar-refractivity contribution in [2.75, 3.05) is 13.3 Å². The van der Waals surface area contributed by atoms with Crippen LogP contribution in [-0.2, 0) is 0 Å². The third kappa shape index (κ3) is 4.23. The fraction of sp³-hybridized carbons (Fsp3) is 0.500. The molecular weight excluding hydrogens is 380 g/mol. The van der Waals surface area contributed by atoms with E-state index in [1.54, 1.807) is 23.7 Å². The molecule has 2 N–H and O–H groups in total. The van der Waals surface area contributed by atoms with E-state index in [0.717, 1.165) is 25.7 Å². The lowest BCUT2D eigenvalue weighted by molar-refractivity contribution is 0.0840. The third-order valence-electron chi connectivity index (χ3n) is 5.42. The summed E-state index contributed by atoms with van der Waals surface area (Å²) < 4.78 is 16.4. The predicted octanol–water partition coefficient (Wildman–Crippen LogP) is 3.58. The van der Waals surface area contributed by atoms with Gasteiger partial charge in [-0.1, -0.05) is 0 Å². The minimum atomic E-state index is -0.247. The molecule has 0 bridgehead atoms. The molecule has 0 unspecified atom stereocenters. The maximum atomic E-state index is 12.6. The minimum Gasteiger partial charge on any atom is -0.454 e. The monoisotopic (exact) mass is 404 g/mol. The highest BCUT2D eigenvalue weighted by atomic mass is 32.1. The number of carbonyl (C=O) groups excluding carboxylic acids is 1. The summed E-state index contributed by atoms with van der Waals surface area (Å²) in [5.74, 6) is 2.79. The van der Waals surface area contributed by atoms with Crippen LogP contribution in [0.4, 0.5) is 0 Å². The molecule has 150 valence electrons. The van der Waals surface area contributed by atoms with Crippen LogP contribution in [0, 0.1) is 11.8 Å². The van der Waals surface area contributed by atoms with Crippen molar-refractivity contribution in [3.63, 3.8) is 0 Å². The van der Waals surface area contributed by atoms with Gasteiger partial charge in [-0.25, -0.2) is 4.98 Å². The molecule has 1 aromatic heterocycles. The first kappa shape index (κ1) is 19.0. The number of aromatic nitrogens is 1. The summed E-state index contributed by atoms with van der Waals surface area (Å²) in [5, 5.41) is 12.7. The number of ether oxygens (including phenoxy) is 3. The van der Waals surface area contributed by atoms with E-state index >= 15 is 0 Å². The second-order valence-electron chi connectivity index (χ2n) is 7.34. The average molecular weight is 404 g/mol. The Morgan fingerprint density at radius 2 is 2.11 bits per heavy atom. The van der Waals surface area contributed by atoms with E-state index < -0.39 is 0 Å². The highest BCUT2D eigenvalue weighted by molar-refractivity contribution is 7.12. The normalized spacial score (nSPS) is 21.9. The van der Waals surface area contributed by atoms with Gasteiger partial charge in [-0.15, -0.1) is 11.3 Å². The van der Waals surface area contributed by atoms with Crippen LogP contribution in [0.1, 0.15) is 42.3 Å².